The number of nitrogens with zero attached hydrogens (tertiary/aromatic N) is 2. The lowest BCUT2D eigenvalue weighted by Gasteiger charge is -2.02. The monoisotopic (exact) mass is 289 g/mol. The van der Waals surface area contributed by atoms with Crippen molar-refractivity contribution in [1.29, 1.82) is 0 Å². The van der Waals surface area contributed by atoms with Gasteiger partial charge in [0.05, 0.1) is 5.56 Å². The molecular weight excluding hydrogens is 280 g/mol. The molecule has 3 rings (SSSR count). The van der Waals surface area contributed by atoms with Crippen LogP contribution < -0.4 is 5.73 Å². The lowest BCUT2D eigenvalue weighted by molar-refractivity contribution is 0.0696. The van der Waals surface area contributed by atoms with Gasteiger partial charge in [0.1, 0.15) is 28.8 Å². The predicted molar refractivity (Wildman–Crippen MR) is 71.9 cm³/mol. The summed E-state index contributed by atoms with van der Waals surface area (Å²) in [6.07, 6.45) is 1.28. The molecule has 2 aromatic heterocycles. The molecular formula is C14H9F2N3O2. The molecule has 0 unspecified atom stereocenters. The molecule has 106 valence electrons. The van der Waals surface area contributed by atoms with Crippen molar-refractivity contribution in [1.82, 2.24) is 9.38 Å². The van der Waals surface area contributed by atoms with Gasteiger partial charge in [-0.2, -0.15) is 0 Å². The van der Waals surface area contributed by atoms with Gasteiger partial charge in [-0.15, -0.1) is 0 Å². The largest absolute Gasteiger partial charge is 0.478 e. The van der Waals surface area contributed by atoms with E-state index in [1.54, 1.807) is 0 Å². The molecule has 1 aromatic carbocycles. The van der Waals surface area contributed by atoms with Gasteiger partial charge in [0, 0.05) is 11.8 Å². The number of hydrogen-bond acceptors (Lipinski definition) is 3. The fraction of sp³-hybridized carbons (Fsp3) is 0. The van der Waals surface area contributed by atoms with Crippen LogP contribution in [0.1, 0.15) is 10.4 Å². The quantitative estimate of drug-likeness (QED) is 0.759. The molecule has 0 atom stereocenters. The predicted octanol–water partition coefficient (Wildman–Crippen LogP) is 2.56. The van der Waals surface area contributed by atoms with E-state index in [9.17, 15) is 13.6 Å². The molecule has 3 N–H and O–H groups in total. The molecule has 0 bridgehead atoms. The van der Waals surface area contributed by atoms with E-state index in [0.29, 0.717) is 5.65 Å². The number of pyridine rings is 1. The normalized spacial score (nSPS) is 11.0. The Morgan fingerprint density at radius 1 is 1.24 bits per heavy atom. The summed E-state index contributed by atoms with van der Waals surface area (Å²) in [6.45, 7) is 0. The Morgan fingerprint density at radius 3 is 2.71 bits per heavy atom. The molecule has 0 spiro atoms. The zero-order valence-corrected chi connectivity index (χ0v) is 10.5. The van der Waals surface area contributed by atoms with Crippen molar-refractivity contribution in [2.24, 2.45) is 0 Å². The number of fused-ring (bicyclic) bond motifs is 1. The summed E-state index contributed by atoms with van der Waals surface area (Å²) < 4.78 is 28.4. The number of benzene rings is 1. The molecule has 5 nitrogen and oxygen atoms in total. The SMILES string of the molecule is Nc1c(-c2cc(F)ccc2F)nc2ccc(C(=O)O)cn12. The highest BCUT2D eigenvalue weighted by Crippen LogP contribution is 2.29. The van der Waals surface area contributed by atoms with Crippen LogP contribution in [0.25, 0.3) is 16.9 Å². The minimum atomic E-state index is -1.12. The van der Waals surface area contributed by atoms with Crippen molar-refractivity contribution >= 4 is 17.4 Å². The second-order valence-corrected chi connectivity index (χ2v) is 4.42. The number of hydrogen-bond donors (Lipinski definition) is 2. The van der Waals surface area contributed by atoms with Crippen molar-refractivity contribution in [2.45, 2.75) is 0 Å². The van der Waals surface area contributed by atoms with Crippen LogP contribution in [0.5, 0.6) is 0 Å². The Morgan fingerprint density at radius 2 is 2.00 bits per heavy atom. The summed E-state index contributed by atoms with van der Waals surface area (Å²) in [7, 11) is 0. The Balaban J connectivity index is 2.27. The number of nitrogen functional groups attached to an aromatic ring is 1. The number of nitrogens with two attached hydrogens (primary N) is 1. The molecule has 0 saturated heterocycles. The molecule has 0 aliphatic carbocycles. The maximum atomic E-state index is 13.8. The summed E-state index contributed by atoms with van der Waals surface area (Å²) in [5.41, 5.74) is 6.22. The van der Waals surface area contributed by atoms with Gasteiger partial charge in [-0.3, -0.25) is 4.40 Å². The molecule has 0 saturated carbocycles. The van der Waals surface area contributed by atoms with Crippen LogP contribution in [0.2, 0.25) is 0 Å². The molecule has 21 heavy (non-hydrogen) atoms. The zero-order chi connectivity index (χ0) is 15.1. The fourth-order valence-corrected chi connectivity index (χ4v) is 2.07. The van der Waals surface area contributed by atoms with Gasteiger partial charge in [0.25, 0.3) is 0 Å². The van der Waals surface area contributed by atoms with Crippen molar-refractivity contribution < 1.29 is 18.7 Å². The first kappa shape index (κ1) is 13.0. The number of carboxylic acid groups (broad SMARTS) is 1. The Hall–Kier alpha value is -2.96. The zero-order valence-electron chi connectivity index (χ0n) is 10.5. The van der Waals surface area contributed by atoms with Crippen LogP contribution in [-0.2, 0) is 0 Å². The van der Waals surface area contributed by atoms with Gasteiger partial charge < -0.3 is 10.8 Å². The van der Waals surface area contributed by atoms with E-state index in [-0.39, 0.29) is 22.6 Å². The molecule has 0 radical (unpaired) electrons. The first-order valence-electron chi connectivity index (χ1n) is 5.93. The molecule has 7 heteroatoms. The highest BCUT2D eigenvalue weighted by Gasteiger charge is 2.16. The first-order valence-corrected chi connectivity index (χ1v) is 5.93. The van der Waals surface area contributed by atoms with Gasteiger partial charge in [0.2, 0.25) is 0 Å². The molecule has 3 aromatic rings. The lowest BCUT2D eigenvalue weighted by atomic mass is 10.1. The van der Waals surface area contributed by atoms with Crippen molar-refractivity contribution in [3.63, 3.8) is 0 Å². The van der Waals surface area contributed by atoms with E-state index in [1.165, 1.54) is 22.7 Å². The first-order chi connectivity index (χ1) is 9.97. The summed E-state index contributed by atoms with van der Waals surface area (Å²) in [6, 6.07) is 5.77. The van der Waals surface area contributed by atoms with Crippen LogP contribution >= 0.6 is 0 Å². The van der Waals surface area contributed by atoms with Crippen LogP contribution in [0.15, 0.2) is 36.5 Å². The second kappa shape index (κ2) is 4.55. The van der Waals surface area contributed by atoms with Gasteiger partial charge in [-0.1, -0.05) is 0 Å². The molecule has 0 aliphatic rings. The molecule has 0 fully saturated rings. The average molecular weight is 289 g/mol. The number of imidazole rings is 1. The Bertz CT molecular complexity index is 874. The van der Waals surface area contributed by atoms with E-state index in [2.05, 4.69) is 4.98 Å². The minimum Gasteiger partial charge on any atom is -0.478 e. The number of anilines is 1. The molecule has 2 heterocycles. The van der Waals surface area contributed by atoms with Crippen LogP contribution in [0.3, 0.4) is 0 Å². The summed E-state index contributed by atoms with van der Waals surface area (Å²) >= 11 is 0. The number of carbonyl (C=O) groups is 1. The third-order valence-electron chi connectivity index (χ3n) is 3.09. The lowest BCUT2D eigenvalue weighted by Crippen LogP contribution is -2.01. The average Bonchev–Trinajstić information content (AvgIpc) is 2.78. The van der Waals surface area contributed by atoms with E-state index in [0.717, 1.165) is 18.2 Å². The van der Waals surface area contributed by atoms with Crippen molar-refractivity contribution in [2.75, 3.05) is 5.73 Å². The summed E-state index contributed by atoms with van der Waals surface area (Å²) in [4.78, 5) is 15.1. The third-order valence-corrected chi connectivity index (χ3v) is 3.09. The maximum absolute atomic E-state index is 13.8. The third kappa shape index (κ3) is 2.08. The summed E-state index contributed by atoms with van der Waals surface area (Å²) in [5, 5.41) is 8.96. The van der Waals surface area contributed by atoms with Gasteiger partial charge in [-0.05, 0) is 30.3 Å². The number of carboxylic acids is 1. The minimum absolute atomic E-state index is 0.0119. The standard InChI is InChI=1S/C14H9F2N3O2/c15-8-2-3-10(16)9(5-8)12-13(17)19-6-7(14(20)21)1-4-11(19)18-12/h1-6H,17H2,(H,20,21). The molecule has 0 aliphatic heterocycles. The van der Waals surface area contributed by atoms with Crippen molar-refractivity contribution in [3.05, 3.63) is 53.7 Å². The number of aromatic nitrogens is 2. The van der Waals surface area contributed by atoms with E-state index < -0.39 is 17.6 Å². The Labute approximate surface area is 117 Å². The topological polar surface area (TPSA) is 80.6 Å². The fourth-order valence-electron chi connectivity index (χ4n) is 2.07. The second-order valence-electron chi connectivity index (χ2n) is 4.42. The van der Waals surface area contributed by atoms with Gasteiger partial charge in [0.15, 0.2) is 0 Å². The number of rotatable bonds is 2. The Kier molecular flexibility index (Phi) is 2.83. The van der Waals surface area contributed by atoms with E-state index in [4.69, 9.17) is 10.8 Å². The van der Waals surface area contributed by atoms with Crippen LogP contribution in [0, 0.1) is 11.6 Å². The summed E-state index contributed by atoms with van der Waals surface area (Å²) in [5.74, 6) is -2.36. The smallest absolute Gasteiger partial charge is 0.337 e. The van der Waals surface area contributed by atoms with Crippen molar-refractivity contribution in [3.8, 4) is 11.3 Å². The van der Waals surface area contributed by atoms with Gasteiger partial charge >= 0.3 is 5.97 Å². The highest BCUT2D eigenvalue weighted by molar-refractivity contribution is 5.88. The van der Waals surface area contributed by atoms with Crippen LogP contribution in [0.4, 0.5) is 14.6 Å². The van der Waals surface area contributed by atoms with Gasteiger partial charge in [-0.25, -0.2) is 18.6 Å². The van der Waals surface area contributed by atoms with E-state index >= 15 is 0 Å². The number of halogens is 2. The highest BCUT2D eigenvalue weighted by atomic mass is 19.1. The van der Waals surface area contributed by atoms with E-state index in [1.807, 2.05) is 0 Å². The molecule has 0 amide bonds. The number of aromatic carboxylic acids is 1. The maximum Gasteiger partial charge on any atom is 0.337 e. The van der Waals surface area contributed by atoms with Crippen LogP contribution in [-0.4, -0.2) is 20.5 Å².